The molecule has 3 nitrogen and oxygen atoms in total. The van der Waals surface area contributed by atoms with Crippen LogP contribution in [0.2, 0.25) is 0 Å². The van der Waals surface area contributed by atoms with Crippen molar-refractivity contribution >= 4 is 17.7 Å². The van der Waals surface area contributed by atoms with Gasteiger partial charge in [0.15, 0.2) is 0 Å². The third-order valence-corrected chi connectivity index (χ3v) is 4.00. The molecule has 19 heavy (non-hydrogen) atoms. The summed E-state index contributed by atoms with van der Waals surface area (Å²) in [6, 6.07) is 8.32. The van der Waals surface area contributed by atoms with Crippen LogP contribution in [0.15, 0.2) is 24.3 Å². The number of hydrogen-bond acceptors (Lipinski definition) is 3. The summed E-state index contributed by atoms with van der Waals surface area (Å²) < 4.78 is 0. The van der Waals surface area contributed by atoms with Gasteiger partial charge in [-0.2, -0.15) is 11.8 Å². The standard InChI is InChI=1S/C15H24N2OS/c1-12(19-5)15(18)17(4)11-14-9-7-6-8-13(14)10-16(2)3/h6-9,12H,10-11H2,1-5H3/t12-/m1/s1. The SMILES string of the molecule is CS[C@H](C)C(=O)N(C)Cc1ccccc1CN(C)C. The topological polar surface area (TPSA) is 23.6 Å². The van der Waals surface area contributed by atoms with Crippen LogP contribution in [-0.2, 0) is 17.9 Å². The molecule has 0 aliphatic heterocycles. The summed E-state index contributed by atoms with van der Waals surface area (Å²) in [6.07, 6.45) is 1.97. The number of carbonyl (C=O) groups is 1. The summed E-state index contributed by atoms with van der Waals surface area (Å²) in [5, 5.41) is 0.0195. The zero-order valence-electron chi connectivity index (χ0n) is 12.5. The van der Waals surface area contributed by atoms with Gasteiger partial charge in [0.1, 0.15) is 0 Å². The molecule has 1 aromatic rings. The maximum atomic E-state index is 12.1. The van der Waals surface area contributed by atoms with Crippen molar-refractivity contribution in [1.82, 2.24) is 9.80 Å². The van der Waals surface area contributed by atoms with E-state index in [2.05, 4.69) is 37.2 Å². The number of carbonyl (C=O) groups excluding carboxylic acids is 1. The predicted octanol–water partition coefficient (Wildman–Crippen LogP) is 2.46. The van der Waals surface area contributed by atoms with Gasteiger partial charge >= 0.3 is 0 Å². The summed E-state index contributed by atoms with van der Waals surface area (Å²) >= 11 is 1.59. The van der Waals surface area contributed by atoms with Crippen molar-refractivity contribution < 1.29 is 4.79 Å². The van der Waals surface area contributed by atoms with Crippen LogP contribution in [0.1, 0.15) is 18.1 Å². The fourth-order valence-electron chi connectivity index (χ4n) is 1.95. The molecule has 0 heterocycles. The van der Waals surface area contributed by atoms with E-state index in [-0.39, 0.29) is 11.2 Å². The van der Waals surface area contributed by atoms with E-state index < -0.39 is 0 Å². The molecule has 1 atom stereocenters. The minimum Gasteiger partial charge on any atom is -0.340 e. The van der Waals surface area contributed by atoms with Crippen molar-refractivity contribution in [2.24, 2.45) is 0 Å². The van der Waals surface area contributed by atoms with Gasteiger partial charge < -0.3 is 9.80 Å². The molecular weight excluding hydrogens is 256 g/mol. The van der Waals surface area contributed by atoms with E-state index >= 15 is 0 Å². The Labute approximate surface area is 121 Å². The molecule has 1 rings (SSSR count). The Bertz CT molecular complexity index is 420. The highest BCUT2D eigenvalue weighted by Gasteiger charge is 2.17. The largest absolute Gasteiger partial charge is 0.340 e. The fourth-order valence-corrected chi connectivity index (χ4v) is 2.33. The minimum absolute atomic E-state index is 0.0195. The Hall–Kier alpha value is -1.00. The van der Waals surface area contributed by atoms with Crippen molar-refractivity contribution in [3.8, 4) is 0 Å². The number of amides is 1. The highest BCUT2D eigenvalue weighted by atomic mass is 32.2. The lowest BCUT2D eigenvalue weighted by atomic mass is 10.1. The quantitative estimate of drug-likeness (QED) is 0.800. The molecule has 106 valence electrons. The van der Waals surface area contributed by atoms with Crippen molar-refractivity contribution in [3.63, 3.8) is 0 Å². The van der Waals surface area contributed by atoms with Crippen molar-refractivity contribution in [1.29, 1.82) is 0 Å². The molecule has 1 amide bonds. The van der Waals surface area contributed by atoms with Crippen LogP contribution in [0.3, 0.4) is 0 Å². The van der Waals surface area contributed by atoms with Gasteiger partial charge in [-0.15, -0.1) is 0 Å². The second kappa shape index (κ2) is 7.56. The van der Waals surface area contributed by atoms with Crippen LogP contribution in [0, 0.1) is 0 Å². The number of thioether (sulfide) groups is 1. The van der Waals surface area contributed by atoms with Crippen LogP contribution in [0.5, 0.6) is 0 Å². The maximum absolute atomic E-state index is 12.1. The minimum atomic E-state index is 0.0195. The zero-order chi connectivity index (χ0) is 14.4. The van der Waals surface area contributed by atoms with Gasteiger partial charge in [-0.05, 0) is 38.4 Å². The monoisotopic (exact) mass is 280 g/mol. The molecule has 1 aromatic carbocycles. The van der Waals surface area contributed by atoms with E-state index in [0.29, 0.717) is 6.54 Å². The fraction of sp³-hybridized carbons (Fsp3) is 0.533. The lowest BCUT2D eigenvalue weighted by molar-refractivity contribution is -0.129. The average molecular weight is 280 g/mol. The van der Waals surface area contributed by atoms with Gasteiger partial charge in [0.05, 0.1) is 5.25 Å². The van der Waals surface area contributed by atoms with Gasteiger partial charge in [0.2, 0.25) is 5.91 Å². The van der Waals surface area contributed by atoms with Crippen molar-refractivity contribution in [2.45, 2.75) is 25.3 Å². The Balaban J connectivity index is 2.78. The third-order valence-electron chi connectivity index (χ3n) is 3.09. The molecule has 0 saturated heterocycles. The van der Waals surface area contributed by atoms with E-state index in [1.165, 1.54) is 11.1 Å². The molecule has 4 heteroatoms. The highest BCUT2D eigenvalue weighted by Crippen LogP contribution is 2.15. The summed E-state index contributed by atoms with van der Waals surface area (Å²) in [6.45, 7) is 3.53. The lowest BCUT2D eigenvalue weighted by Gasteiger charge is -2.22. The smallest absolute Gasteiger partial charge is 0.235 e. The molecule has 0 spiro atoms. The molecule has 0 radical (unpaired) electrons. The summed E-state index contributed by atoms with van der Waals surface area (Å²) in [5.41, 5.74) is 2.50. The molecule has 0 unspecified atom stereocenters. The number of hydrogen-bond donors (Lipinski definition) is 0. The first kappa shape index (κ1) is 16.1. The molecule has 0 bridgehead atoms. The number of nitrogens with zero attached hydrogens (tertiary/aromatic N) is 2. The first-order valence-electron chi connectivity index (χ1n) is 6.45. The van der Waals surface area contributed by atoms with E-state index in [1.807, 2.05) is 31.2 Å². The van der Waals surface area contributed by atoms with Gasteiger partial charge in [0, 0.05) is 20.1 Å². The normalized spacial score (nSPS) is 12.5. The van der Waals surface area contributed by atoms with Crippen LogP contribution >= 0.6 is 11.8 Å². The van der Waals surface area contributed by atoms with Crippen LogP contribution in [0.4, 0.5) is 0 Å². The second-order valence-electron chi connectivity index (χ2n) is 5.08. The predicted molar refractivity (Wildman–Crippen MR) is 83.3 cm³/mol. The first-order valence-corrected chi connectivity index (χ1v) is 7.73. The summed E-state index contributed by atoms with van der Waals surface area (Å²) in [7, 11) is 5.99. The second-order valence-corrected chi connectivity index (χ2v) is 6.26. The zero-order valence-corrected chi connectivity index (χ0v) is 13.3. The Kier molecular flexibility index (Phi) is 6.38. The molecule has 0 fully saturated rings. The van der Waals surface area contributed by atoms with Crippen LogP contribution < -0.4 is 0 Å². The lowest BCUT2D eigenvalue weighted by Crippen LogP contribution is -2.33. The Morgan fingerprint density at radius 2 is 1.68 bits per heavy atom. The average Bonchev–Trinajstić information content (AvgIpc) is 2.38. The van der Waals surface area contributed by atoms with Crippen LogP contribution in [0.25, 0.3) is 0 Å². The number of benzene rings is 1. The molecule has 0 saturated carbocycles. The highest BCUT2D eigenvalue weighted by molar-refractivity contribution is 7.99. The third kappa shape index (κ3) is 4.88. The van der Waals surface area contributed by atoms with E-state index in [1.54, 1.807) is 11.8 Å². The van der Waals surface area contributed by atoms with Gasteiger partial charge in [-0.25, -0.2) is 0 Å². The van der Waals surface area contributed by atoms with Crippen molar-refractivity contribution in [2.75, 3.05) is 27.4 Å². The van der Waals surface area contributed by atoms with Gasteiger partial charge in [0.25, 0.3) is 0 Å². The summed E-state index contributed by atoms with van der Waals surface area (Å²) in [4.78, 5) is 16.1. The Morgan fingerprint density at radius 1 is 1.16 bits per heavy atom. The molecular formula is C15H24N2OS. The molecule has 0 aromatic heterocycles. The first-order chi connectivity index (χ1) is 8.95. The molecule has 0 aliphatic carbocycles. The van der Waals surface area contributed by atoms with Crippen molar-refractivity contribution in [3.05, 3.63) is 35.4 Å². The van der Waals surface area contributed by atoms with E-state index in [9.17, 15) is 4.79 Å². The number of rotatable bonds is 6. The Morgan fingerprint density at radius 3 is 2.16 bits per heavy atom. The van der Waals surface area contributed by atoms with Gasteiger partial charge in [-0.1, -0.05) is 24.3 Å². The summed E-state index contributed by atoms with van der Waals surface area (Å²) in [5.74, 6) is 0.187. The van der Waals surface area contributed by atoms with Crippen LogP contribution in [-0.4, -0.2) is 48.4 Å². The molecule has 0 aliphatic rings. The maximum Gasteiger partial charge on any atom is 0.235 e. The molecule has 0 N–H and O–H groups in total. The van der Waals surface area contributed by atoms with Gasteiger partial charge in [-0.3, -0.25) is 4.79 Å². The van der Waals surface area contributed by atoms with E-state index in [4.69, 9.17) is 0 Å². The van der Waals surface area contributed by atoms with E-state index in [0.717, 1.165) is 6.54 Å².